The Balaban J connectivity index is 1.61. The van der Waals surface area contributed by atoms with E-state index in [-0.39, 0.29) is 6.54 Å². The standard InChI is InChI=1S/C17H14N6O2/c18-12-17(4-5-17)22-9-8-21(15(24)16(22)25)11-13-2-3-14(10-19-13)23-7-1-6-20-23/h1-3,6-10H,4-5,11H2. The van der Waals surface area contributed by atoms with Gasteiger partial charge in [0.2, 0.25) is 0 Å². The summed E-state index contributed by atoms with van der Waals surface area (Å²) in [6.45, 7) is 0.188. The summed E-state index contributed by atoms with van der Waals surface area (Å²) in [5.74, 6) is 0. The minimum Gasteiger partial charge on any atom is -0.303 e. The van der Waals surface area contributed by atoms with Crippen LogP contribution in [0.3, 0.4) is 0 Å². The lowest BCUT2D eigenvalue weighted by molar-refractivity contribution is 0.555. The lowest BCUT2D eigenvalue weighted by Crippen LogP contribution is -2.44. The maximum Gasteiger partial charge on any atom is 0.317 e. The van der Waals surface area contributed by atoms with E-state index in [0.29, 0.717) is 18.5 Å². The number of hydrogen-bond donors (Lipinski definition) is 0. The molecule has 8 nitrogen and oxygen atoms in total. The summed E-state index contributed by atoms with van der Waals surface area (Å²) in [7, 11) is 0. The van der Waals surface area contributed by atoms with Crippen molar-refractivity contribution in [1.29, 1.82) is 5.26 Å². The molecule has 0 saturated heterocycles. The van der Waals surface area contributed by atoms with Crippen LogP contribution in [0.1, 0.15) is 18.5 Å². The number of nitriles is 1. The molecule has 0 atom stereocenters. The second kappa shape index (κ2) is 5.56. The van der Waals surface area contributed by atoms with E-state index in [0.717, 1.165) is 5.69 Å². The van der Waals surface area contributed by atoms with Crippen molar-refractivity contribution in [1.82, 2.24) is 23.9 Å². The zero-order chi connectivity index (χ0) is 17.4. The Labute approximate surface area is 142 Å². The average Bonchev–Trinajstić information content (AvgIpc) is 3.23. The van der Waals surface area contributed by atoms with E-state index < -0.39 is 16.7 Å². The van der Waals surface area contributed by atoms with Crippen molar-refractivity contribution in [3.8, 4) is 11.8 Å². The maximum atomic E-state index is 12.3. The van der Waals surface area contributed by atoms with E-state index in [2.05, 4.69) is 16.2 Å². The smallest absolute Gasteiger partial charge is 0.303 e. The van der Waals surface area contributed by atoms with E-state index in [1.165, 1.54) is 21.5 Å². The third-order valence-corrected chi connectivity index (χ3v) is 4.36. The molecule has 0 aromatic carbocycles. The van der Waals surface area contributed by atoms with Crippen LogP contribution in [0.5, 0.6) is 0 Å². The number of pyridine rings is 1. The van der Waals surface area contributed by atoms with E-state index in [1.807, 2.05) is 18.3 Å². The Morgan fingerprint density at radius 3 is 2.60 bits per heavy atom. The molecule has 0 spiro atoms. The second-order valence-electron chi connectivity index (χ2n) is 6.01. The largest absolute Gasteiger partial charge is 0.317 e. The summed E-state index contributed by atoms with van der Waals surface area (Å²) in [4.78, 5) is 28.9. The Morgan fingerprint density at radius 1 is 1.16 bits per heavy atom. The van der Waals surface area contributed by atoms with E-state index in [4.69, 9.17) is 0 Å². The molecule has 8 heteroatoms. The SMILES string of the molecule is N#CC1(n2ccn(Cc3ccc(-n4cccn4)cn3)c(=O)c2=O)CC1. The summed E-state index contributed by atoms with van der Waals surface area (Å²) >= 11 is 0. The Morgan fingerprint density at radius 2 is 2.00 bits per heavy atom. The molecule has 4 rings (SSSR count). The first-order chi connectivity index (χ1) is 12.1. The topological polar surface area (TPSA) is 98.5 Å². The Kier molecular flexibility index (Phi) is 3.35. The number of nitrogens with zero attached hydrogens (tertiary/aromatic N) is 6. The van der Waals surface area contributed by atoms with Gasteiger partial charge in [0.25, 0.3) is 0 Å². The van der Waals surface area contributed by atoms with Crippen LogP contribution in [0, 0.1) is 11.3 Å². The van der Waals surface area contributed by atoms with Crippen molar-refractivity contribution in [2.24, 2.45) is 0 Å². The molecule has 1 aliphatic carbocycles. The fraction of sp³-hybridized carbons (Fsp3) is 0.235. The first-order valence-corrected chi connectivity index (χ1v) is 7.82. The Hall–Kier alpha value is -3.47. The van der Waals surface area contributed by atoms with Crippen molar-refractivity contribution in [2.45, 2.75) is 24.9 Å². The molecule has 1 fully saturated rings. The molecule has 0 N–H and O–H groups in total. The summed E-state index contributed by atoms with van der Waals surface area (Å²) in [5, 5.41) is 13.3. The summed E-state index contributed by atoms with van der Waals surface area (Å²) < 4.78 is 4.24. The fourth-order valence-electron chi connectivity index (χ4n) is 2.74. The highest BCUT2D eigenvalue weighted by Crippen LogP contribution is 2.41. The Bertz CT molecular complexity index is 1070. The van der Waals surface area contributed by atoms with E-state index in [9.17, 15) is 14.9 Å². The molecule has 3 heterocycles. The molecule has 124 valence electrons. The fourth-order valence-corrected chi connectivity index (χ4v) is 2.74. The van der Waals surface area contributed by atoms with Crippen LogP contribution in [0.2, 0.25) is 0 Å². The molecule has 1 aliphatic rings. The van der Waals surface area contributed by atoms with Gasteiger partial charge >= 0.3 is 11.1 Å². The van der Waals surface area contributed by atoms with E-state index >= 15 is 0 Å². The number of hydrogen-bond acceptors (Lipinski definition) is 5. The zero-order valence-corrected chi connectivity index (χ0v) is 13.2. The maximum absolute atomic E-state index is 12.3. The molecule has 0 radical (unpaired) electrons. The molecule has 25 heavy (non-hydrogen) atoms. The molecule has 0 aliphatic heterocycles. The van der Waals surface area contributed by atoms with Crippen molar-refractivity contribution in [3.05, 3.63) is 75.6 Å². The quantitative estimate of drug-likeness (QED) is 0.653. The van der Waals surface area contributed by atoms with Crippen molar-refractivity contribution < 1.29 is 0 Å². The van der Waals surface area contributed by atoms with Crippen LogP contribution < -0.4 is 11.1 Å². The van der Waals surface area contributed by atoms with Crippen LogP contribution in [0.25, 0.3) is 5.69 Å². The van der Waals surface area contributed by atoms with Gasteiger partial charge in [-0.2, -0.15) is 10.4 Å². The molecular formula is C17H14N6O2. The highest BCUT2D eigenvalue weighted by Gasteiger charge is 2.46. The highest BCUT2D eigenvalue weighted by molar-refractivity contribution is 5.28. The van der Waals surface area contributed by atoms with Gasteiger partial charge in [0.15, 0.2) is 0 Å². The van der Waals surface area contributed by atoms with Gasteiger partial charge in [-0.1, -0.05) is 0 Å². The van der Waals surface area contributed by atoms with Gasteiger partial charge in [0.1, 0.15) is 5.54 Å². The normalized spacial score (nSPS) is 14.8. The van der Waals surface area contributed by atoms with Crippen molar-refractivity contribution in [3.63, 3.8) is 0 Å². The van der Waals surface area contributed by atoms with Gasteiger partial charge in [-0.05, 0) is 31.0 Å². The summed E-state index contributed by atoms with van der Waals surface area (Å²) in [6.07, 6.45) is 9.39. The minimum atomic E-state index is -0.834. The van der Waals surface area contributed by atoms with Gasteiger partial charge in [-0.25, -0.2) is 4.68 Å². The van der Waals surface area contributed by atoms with E-state index in [1.54, 1.807) is 23.1 Å². The van der Waals surface area contributed by atoms with Gasteiger partial charge in [0, 0.05) is 24.8 Å². The molecule has 3 aromatic rings. The van der Waals surface area contributed by atoms with Crippen LogP contribution in [-0.2, 0) is 12.1 Å². The zero-order valence-electron chi connectivity index (χ0n) is 13.2. The highest BCUT2D eigenvalue weighted by atomic mass is 16.2. The van der Waals surface area contributed by atoms with Crippen molar-refractivity contribution in [2.75, 3.05) is 0 Å². The molecular weight excluding hydrogens is 320 g/mol. The van der Waals surface area contributed by atoms with Gasteiger partial charge in [-0.3, -0.25) is 19.1 Å². The summed E-state index contributed by atoms with van der Waals surface area (Å²) in [6, 6.07) is 7.56. The van der Waals surface area contributed by atoms with Crippen LogP contribution in [0.4, 0.5) is 0 Å². The second-order valence-corrected chi connectivity index (χ2v) is 6.01. The number of aromatic nitrogens is 5. The number of rotatable bonds is 4. The lowest BCUT2D eigenvalue weighted by atomic mass is 10.3. The molecule has 1 saturated carbocycles. The third kappa shape index (κ3) is 2.55. The van der Waals surface area contributed by atoms with Crippen LogP contribution in [-0.4, -0.2) is 23.9 Å². The molecule has 0 unspecified atom stereocenters. The molecule has 3 aromatic heterocycles. The summed E-state index contributed by atoms with van der Waals surface area (Å²) in [5.41, 5.74) is -0.701. The monoisotopic (exact) mass is 334 g/mol. The lowest BCUT2D eigenvalue weighted by Gasteiger charge is -2.12. The molecule has 0 amide bonds. The predicted octanol–water partition coefficient (Wildman–Crippen LogP) is 0.652. The van der Waals surface area contributed by atoms with Crippen LogP contribution in [0.15, 0.2) is 58.8 Å². The third-order valence-electron chi connectivity index (χ3n) is 4.36. The predicted molar refractivity (Wildman–Crippen MR) is 88.2 cm³/mol. The van der Waals surface area contributed by atoms with Gasteiger partial charge < -0.3 is 4.57 Å². The average molecular weight is 334 g/mol. The van der Waals surface area contributed by atoms with Gasteiger partial charge in [0.05, 0.1) is 30.2 Å². The van der Waals surface area contributed by atoms with Crippen LogP contribution >= 0.6 is 0 Å². The van der Waals surface area contributed by atoms with Gasteiger partial charge in [-0.15, -0.1) is 0 Å². The molecule has 0 bridgehead atoms. The first-order valence-electron chi connectivity index (χ1n) is 7.82. The minimum absolute atomic E-state index is 0.188. The van der Waals surface area contributed by atoms with Crippen molar-refractivity contribution >= 4 is 0 Å². The first kappa shape index (κ1) is 15.1.